The molecule has 3 nitrogen and oxygen atoms in total. The van der Waals surface area contributed by atoms with E-state index in [1.807, 2.05) is 6.07 Å². The second kappa shape index (κ2) is 4.35. The summed E-state index contributed by atoms with van der Waals surface area (Å²) in [5.74, 6) is 7.18. The molecule has 1 saturated carbocycles. The van der Waals surface area contributed by atoms with Crippen molar-refractivity contribution >= 4 is 0 Å². The molecule has 0 amide bonds. The van der Waals surface area contributed by atoms with Crippen LogP contribution >= 0.6 is 0 Å². The zero-order chi connectivity index (χ0) is 13.5. The van der Waals surface area contributed by atoms with Crippen molar-refractivity contribution in [2.24, 2.45) is 5.92 Å². The fourth-order valence-corrected chi connectivity index (χ4v) is 2.66. The van der Waals surface area contributed by atoms with E-state index >= 15 is 0 Å². The van der Waals surface area contributed by atoms with Crippen molar-refractivity contribution < 1.29 is 0 Å². The smallest absolute Gasteiger partial charge is 0.292 e. The van der Waals surface area contributed by atoms with E-state index in [4.69, 9.17) is 0 Å². The fraction of sp³-hybridized carbons (Fsp3) is 0.294. The van der Waals surface area contributed by atoms with Gasteiger partial charge in [0.05, 0.1) is 5.69 Å². The molecular weight excluding hydrogens is 248 g/mol. The standard InChI is InChI=1S/C17H14N2O/c20-17-18-9-7-16-15-6-5-13(4-3-12-1-2-12)11-14(15)8-10-19(16)17/h5-7,9,11-12H,1-2,8,10H2. The number of aryl methyl sites for hydroxylation is 1. The number of benzene rings is 1. The molecule has 20 heavy (non-hydrogen) atoms. The quantitative estimate of drug-likeness (QED) is 0.682. The van der Waals surface area contributed by atoms with Crippen LogP contribution in [0, 0.1) is 17.8 Å². The van der Waals surface area contributed by atoms with E-state index < -0.39 is 0 Å². The molecule has 2 aromatic rings. The Morgan fingerprint density at radius 3 is 3.00 bits per heavy atom. The molecule has 1 aromatic heterocycles. The predicted octanol–water partition coefficient (Wildman–Crippen LogP) is 2.23. The number of fused-ring (bicyclic) bond motifs is 3. The molecule has 0 bridgehead atoms. The van der Waals surface area contributed by atoms with Crippen molar-refractivity contribution in [3.05, 3.63) is 52.1 Å². The largest absolute Gasteiger partial charge is 0.347 e. The van der Waals surface area contributed by atoms with Crippen molar-refractivity contribution in [1.82, 2.24) is 9.55 Å². The Hall–Kier alpha value is -2.34. The SMILES string of the molecule is O=c1nccc2n1CCc1cc(C#CC3CC3)ccc1-2. The average Bonchev–Trinajstić information content (AvgIpc) is 3.29. The number of aromatic nitrogens is 2. The van der Waals surface area contributed by atoms with Crippen LogP contribution in [0.4, 0.5) is 0 Å². The summed E-state index contributed by atoms with van der Waals surface area (Å²) in [6.07, 6.45) is 4.96. The third-order valence-electron chi connectivity index (χ3n) is 3.92. The van der Waals surface area contributed by atoms with Crippen molar-refractivity contribution in [2.45, 2.75) is 25.8 Å². The first-order valence-corrected chi connectivity index (χ1v) is 7.02. The van der Waals surface area contributed by atoms with Gasteiger partial charge in [-0.3, -0.25) is 4.57 Å². The summed E-state index contributed by atoms with van der Waals surface area (Å²) in [5, 5.41) is 0. The fourth-order valence-electron chi connectivity index (χ4n) is 2.66. The number of hydrogen-bond donors (Lipinski definition) is 0. The molecular formula is C17H14N2O. The molecule has 1 fully saturated rings. The first-order chi connectivity index (χ1) is 9.81. The molecule has 1 aliphatic heterocycles. The first kappa shape index (κ1) is 11.5. The molecule has 1 aromatic carbocycles. The van der Waals surface area contributed by atoms with Gasteiger partial charge in [0.15, 0.2) is 0 Å². The second-order valence-corrected chi connectivity index (χ2v) is 5.43. The van der Waals surface area contributed by atoms with E-state index in [-0.39, 0.29) is 5.69 Å². The molecule has 0 saturated heterocycles. The number of rotatable bonds is 0. The minimum absolute atomic E-state index is 0.161. The Morgan fingerprint density at radius 1 is 1.25 bits per heavy atom. The lowest BCUT2D eigenvalue weighted by Crippen LogP contribution is -2.27. The molecule has 0 unspecified atom stereocenters. The molecule has 0 N–H and O–H groups in total. The summed E-state index contributed by atoms with van der Waals surface area (Å²) in [6, 6.07) is 8.21. The van der Waals surface area contributed by atoms with Gasteiger partial charge in [-0.05, 0) is 43.0 Å². The van der Waals surface area contributed by atoms with E-state index in [1.165, 1.54) is 18.4 Å². The lowest BCUT2D eigenvalue weighted by atomic mass is 9.96. The summed E-state index contributed by atoms with van der Waals surface area (Å²) < 4.78 is 1.75. The molecule has 4 rings (SSSR count). The lowest BCUT2D eigenvalue weighted by Gasteiger charge is -2.20. The predicted molar refractivity (Wildman–Crippen MR) is 77.2 cm³/mol. The Kier molecular flexibility index (Phi) is 2.50. The van der Waals surface area contributed by atoms with Gasteiger partial charge in [0.25, 0.3) is 0 Å². The normalized spacial score (nSPS) is 15.8. The highest BCUT2D eigenvalue weighted by Crippen LogP contribution is 2.29. The minimum atomic E-state index is -0.161. The van der Waals surface area contributed by atoms with E-state index in [2.05, 4.69) is 35.0 Å². The summed E-state index contributed by atoms with van der Waals surface area (Å²) in [6.45, 7) is 0.703. The zero-order valence-electron chi connectivity index (χ0n) is 11.1. The molecule has 0 spiro atoms. The maximum absolute atomic E-state index is 11.8. The highest BCUT2D eigenvalue weighted by molar-refractivity contribution is 5.66. The van der Waals surface area contributed by atoms with Crippen LogP contribution in [0.25, 0.3) is 11.3 Å². The third-order valence-corrected chi connectivity index (χ3v) is 3.92. The number of nitrogens with zero attached hydrogens (tertiary/aromatic N) is 2. The lowest BCUT2D eigenvalue weighted by molar-refractivity contribution is 0.640. The van der Waals surface area contributed by atoms with E-state index in [0.717, 1.165) is 23.2 Å². The van der Waals surface area contributed by atoms with Crippen LogP contribution in [0.3, 0.4) is 0 Å². The maximum Gasteiger partial charge on any atom is 0.347 e. The van der Waals surface area contributed by atoms with E-state index in [1.54, 1.807) is 10.8 Å². The molecule has 1 aliphatic carbocycles. The highest BCUT2D eigenvalue weighted by atomic mass is 16.1. The maximum atomic E-state index is 11.8. The van der Waals surface area contributed by atoms with Crippen LogP contribution in [0.15, 0.2) is 35.3 Å². The Labute approximate surface area is 117 Å². The van der Waals surface area contributed by atoms with Crippen LogP contribution < -0.4 is 5.69 Å². The van der Waals surface area contributed by atoms with E-state index in [0.29, 0.717) is 12.5 Å². The topological polar surface area (TPSA) is 34.9 Å². The summed E-state index contributed by atoms with van der Waals surface area (Å²) in [5.41, 5.74) is 4.30. The zero-order valence-corrected chi connectivity index (χ0v) is 11.1. The molecule has 2 heterocycles. The minimum Gasteiger partial charge on any atom is -0.292 e. The van der Waals surface area contributed by atoms with Gasteiger partial charge in [0.1, 0.15) is 0 Å². The van der Waals surface area contributed by atoms with Gasteiger partial charge in [-0.25, -0.2) is 9.78 Å². The molecule has 0 radical (unpaired) electrons. The average molecular weight is 262 g/mol. The summed E-state index contributed by atoms with van der Waals surface area (Å²) in [4.78, 5) is 15.6. The third kappa shape index (κ3) is 1.94. The van der Waals surface area contributed by atoms with Crippen LogP contribution in [0.2, 0.25) is 0 Å². The van der Waals surface area contributed by atoms with Gasteiger partial charge in [-0.15, -0.1) is 0 Å². The molecule has 0 atom stereocenters. The van der Waals surface area contributed by atoms with Crippen molar-refractivity contribution in [3.63, 3.8) is 0 Å². The molecule has 3 heteroatoms. The Bertz CT molecular complexity index is 804. The van der Waals surface area contributed by atoms with E-state index in [9.17, 15) is 4.79 Å². The van der Waals surface area contributed by atoms with Gasteiger partial charge < -0.3 is 0 Å². The van der Waals surface area contributed by atoms with Crippen LogP contribution in [-0.4, -0.2) is 9.55 Å². The van der Waals surface area contributed by atoms with Crippen molar-refractivity contribution in [1.29, 1.82) is 0 Å². The van der Waals surface area contributed by atoms with Crippen molar-refractivity contribution in [3.8, 4) is 23.1 Å². The summed E-state index contributed by atoms with van der Waals surface area (Å²) >= 11 is 0. The van der Waals surface area contributed by atoms with Gasteiger partial charge in [0, 0.05) is 29.8 Å². The van der Waals surface area contributed by atoms with Gasteiger partial charge >= 0.3 is 5.69 Å². The van der Waals surface area contributed by atoms with Crippen molar-refractivity contribution in [2.75, 3.05) is 0 Å². The van der Waals surface area contributed by atoms with Gasteiger partial charge in [0.2, 0.25) is 0 Å². The monoisotopic (exact) mass is 262 g/mol. The number of hydrogen-bond acceptors (Lipinski definition) is 2. The van der Waals surface area contributed by atoms with Gasteiger partial charge in [-0.2, -0.15) is 0 Å². The first-order valence-electron chi connectivity index (χ1n) is 7.02. The Balaban J connectivity index is 1.79. The summed E-state index contributed by atoms with van der Waals surface area (Å²) in [7, 11) is 0. The highest BCUT2D eigenvalue weighted by Gasteiger charge is 2.18. The molecule has 2 aliphatic rings. The Morgan fingerprint density at radius 2 is 2.15 bits per heavy atom. The van der Waals surface area contributed by atoms with Crippen LogP contribution in [0.1, 0.15) is 24.0 Å². The second-order valence-electron chi connectivity index (χ2n) is 5.43. The van der Waals surface area contributed by atoms with Gasteiger partial charge in [-0.1, -0.05) is 17.9 Å². The molecule has 98 valence electrons. The van der Waals surface area contributed by atoms with Crippen LogP contribution in [-0.2, 0) is 13.0 Å². The van der Waals surface area contributed by atoms with Crippen LogP contribution in [0.5, 0.6) is 0 Å².